The molecule has 0 spiro atoms. The highest BCUT2D eigenvalue weighted by Gasteiger charge is 2.20. The van der Waals surface area contributed by atoms with Crippen LogP contribution in [0.1, 0.15) is 27.3 Å². The normalized spacial score (nSPS) is 11.2. The van der Waals surface area contributed by atoms with Crippen LogP contribution >= 0.6 is 24.8 Å². The molecular weight excluding hydrogens is 492 g/mol. The van der Waals surface area contributed by atoms with Gasteiger partial charge < -0.3 is 15.2 Å². The van der Waals surface area contributed by atoms with Gasteiger partial charge >= 0.3 is 5.97 Å². The fraction of sp³-hybridized carbons (Fsp3) is 0.192. The molecule has 9 heteroatoms. The molecule has 2 N–H and O–H groups in total. The molecule has 0 saturated heterocycles. The summed E-state index contributed by atoms with van der Waals surface area (Å²) in [6, 6.07) is 19.3. The molecule has 4 rings (SSSR count). The lowest BCUT2D eigenvalue weighted by atomic mass is 10.1. The van der Waals surface area contributed by atoms with E-state index in [1.54, 1.807) is 12.1 Å². The monoisotopic (exact) mass is 517 g/mol. The lowest BCUT2D eigenvalue weighted by Gasteiger charge is -2.17. The summed E-state index contributed by atoms with van der Waals surface area (Å²) < 4.78 is 25.4. The van der Waals surface area contributed by atoms with Gasteiger partial charge in [-0.05, 0) is 42.8 Å². The van der Waals surface area contributed by atoms with Gasteiger partial charge in [0, 0.05) is 29.2 Å². The second kappa shape index (κ2) is 13.0. The van der Waals surface area contributed by atoms with Gasteiger partial charge in [-0.25, -0.2) is 9.18 Å². The van der Waals surface area contributed by atoms with E-state index in [9.17, 15) is 9.18 Å². The summed E-state index contributed by atoms with van der Waals surface area (Å²) in [5.41, 5.74) is 9.44. The topological polar surface area (TPSA) is 87.3 Å². The van der Waals surface area contributed by atoms with Gasteiger partial charge in [0.1, 0.15) is 30.3 Å². The van der Waals surface area contributed by atoms with E-state index in [2.05, 4.69) is 9.97 Å². The SMILES string of the molecule is Cc1cccc(C[C@@H](N)COc2ccc3ncc(F)cc3c2C(=O)OCc2ccccc2)n1.Cl.Cl. The van der Waals surface area contributed by atoms with Crippen molar-refractivity contribution in [2.24, 2.45) is 5.73 Å². The Morgan fingerprint density at radius 1 is 1.06 bits per heavy atom. The number of pyridine rings is 2. The minimum atomic E-state index is -0.624. The molecular formula is C26H26Cl2FN3O3. The lowest BCUT2D eigenvalue weighted by molar-refractivity contribution is 0.0470. The summed E-state index contributed by atoms with van der Waals surface area (Å²) >= 11 is 0. The number of nitrogens with two attached hydrogens (primary N) is 1. The third-order valence-electron chi connectivity index (χ3n) is 5.08. The molecule has 0 aliphatic carbocycles. The summed E-state index contributed by atoms with van der Waals surface area (Å²) in [6.07, 6.45) is 1.62. The average Bonchev–Trinajstić information content (AvgIpc) is 2.81. The predicted molar refractivity (Wildman–Crippen MR) is 138 cm³/mol. The van der Waals surface area contributed by atoms with Crippen molar-refractivity contribution in [2.75, 3.05) is 6.61 Å². The van der Waals surface area contributed by atoms with Crippen molar-refractivity contribution < 1.29 is 18.7 Å². The highest BCUT2D eigenvalue weighted by atomic mass is 35.5. The number of carbonyl (C=O) groups is 1. The fourth-order valence-electron chi connectivity index (χ4n) is 3.52. The lowest BCUT2D eigenvalue weighted by Crippen LogP contribution is -2.31. The number of carbonyl (C=O) groups excluding carboxylic acids is 1. The van der Waals surface area contributed by atoms with Crippen LogP contribution in [0.3, 0.4) is 0 Å². The van der Waals surface area contributed by atoms with Gasteiger partial charge in [0.05, 0.1) is 11.7 Å². The molecule has 6 nitrogen and oxygen atoms in total. The van der Waals surface area contributed by atoms with Gasteiger partial charge in [0.15, 0.2) is 0 Å². The zero-order chi connectivity index (χ0) is 23.2. The van der Waals surface area contributed by atoms with Crippen molar-refractivity contribution in [3.63, 3.8) is 0 Å². The van der Waals surface area contributed by atoms with Gasteiger partial charge in [0.25, 0.3) is 0 Å². The van der Waals surface area contributed by atoms with Crippen LogP contribution in [0.25, 0.3) is 10.9 Å². The number of rotatable bonds is 8. The number of aromatic nitrogens is 2. The second-order valence-electron chi connectivity index (χ2n) is 7.77. The largest absolute Gasteiger partial charge is 0.491 e. The van der Waals surface area contributed by atoms with Crippen molar-refractivity contribution in [3.8, 4) is 5.75 Å². The van der Waals surface area contributed by atoms with Crippen molar-refractivity contribution in [1.82, 2.24) is 9.97 Å². The Morgan fingerprint density at radius 3 is 2.57 bits per heavy atom. The molecule has 4 aromatic rings. The number of fused-ring (bicyclic) bond motifs is 1. The number of nitrogens with zero attached hydrogens (tertiary/aromatic N) is 2. The Bertz CT molecular complexity index is 1280. The third kappa shape index (κ3) is 7.36. The average molecular weight is 518 g/mol. The first-order valence-electron chi connectivity index (χ1n) is 10.6. The molecule has 0 bridgehead atoms. The quantitative estimate of drug-likeness (QED) is 0.322. The second-order valence-corrected chi connectivity index (χ2v) is 7.77. The van der Waals surface area contributed by atoms with Gasteiger partial charge in [-0.1, -0.05) is 36.4 Å². The Labute approximate surface area is 215 Å². The molecule has 0 unspecified atom stereocenters. The summed E-state index contributed by atoms with van der Waals surface area (Å²) in [5, 5.41) is 0.319. The summed E-state index contributed by atoms with van der Waals surface area (Å²) in [7, 11) is 0. The van der Waals surface area contributed by atoms with E-state index in [4.69, 9.17) is 15.2 Å². The number of benzene rings is 2. The fourth-order valence-corrected chi connectivity index (χ4v) is 3.52. The molecule has 0 radical (unpaired) electrons. The molecule has 0 aliphatic heterocycles. The summed E-state index contributed by atoms with van der Waals surface area (Å²) in [4.78, 5) is 21.6. The smallest absolute Gasteiger partial charge is 0.342 e. The first-order chi connectivity index (χ1) is 16.0. The molecule has 35 heavy (non-hydrogen) atoms. The molecule has 0 aliphatic rings. The van der Waals surface area contributed by atoms with E-state index in [-0.39, 0.29) is 55.4 Å². The van der Waals surface area contributed by atoms with Crippen molar-refractivity contribution in [2.45, 2.75) is 26.0 Å². The third-order valence-corrected chi connectivity index (χ3v) is 5.08. The minimum absolute atomic E-state index is 0. The van der Waals surface area contributed by atoms with Gasteiger partial charge in [0.2, 0.25) is 0 Å². The first-order valence-corrected chi connectivity index (χ1v) is 10.6. The molecule has 0 fully saturated rings. The standard InChI is InChI=1S/C26H24FN3O3.2ClH/c1-17-6-5-9-21(30-17)13-20(28)16-32-24-11-10-23-22(12-19(27)14-29-23)25(24)26(31)33-15-18-7-3-2-4-8-18;;/h2-12,14,20H,13,15-16,28H2,1H3;2*1H/t20-;;/m1../s1. The van der Waals surface area contributed by atoms with Crippen molar-refractivity contribution >= 4 is 41.7 Å². The molecule has 0 amide bonds. The van der Waals surface area contributed by atoms with E-state index in [1.807, 2.05) is 55.5 Å². The number of ether oxygens (including phenoxy) is 2. The van der Waals surface area contributed by atoms with Crippen LogP contribution in [0.4, 0.5) is 4.39 Å². The van der Waals surface area contributed by atoms with E-state index in [0.29, 0.717) is 17.3 Å². The predicted octanol–water partition coefficient (Wildman–Crippen LogP) is 5.23. The Hall–Kier alpha value is -3.26. The number of hydrogen-bond acceptors (Lipinski definition) is 6. The molecule has 1 atom stereocenters. The van der Waals surface area contributed by atoms with E-state index < -0.39 is 11.8 Å². The van der Waals surface area contributed by atoms with Crippen LogP contribution < -0.4 is 10.5 Å². The highest BCUT2D eigenvalue weighted by molar-refractivity contribution is 6.06. The summed E-state index contributed by atoms with van der Waals surface area (Å²) in [6.45, 7) is 2.14. The van der Waals surface area contributed by atoms with Crippen LogP contribution in [-0.4, -0.2) is 28.6 Å². The molecule has 2 heterocycles. The number of hydrogen-bond donors (Lipinski definition) is 1. The number of aryl methyl sites for hydroxylation is 1. The van der Waals surface area contributed by atoms with Gasteiger partial charge in [-0.2, -0.15) is 0 Å². The van der Waals surface area contributed by atoms with Crippen LogP contribution in [0.5, 0.6) is 5.75 Å². The molecule has 2 aromatic heterocycles. The van der Waals surface area contributed by atoms with Crippen LogP contribution in [0.2, 0.25) is 0 Å². The maximum atomic E-state index is 14.0. The molecule has 0 saturated carbocycles. The maximum Gasteiger partial charge on any atom is 0.342 e. The number of halogens is 3. The zero-order valence-electron chi connectivity index (χ0n) is 19.0. The van der Waals surface area contributed by atoms with Crippen LogP contribution in [-0.2, 0) is 17.8 Å². The summed E-state index contributed by atoms with van der Waals surface area (Å²) in [5.74, 6) is -0.916. The van der Waals surface area contributed by atoms with E-state index >= 15 is 0 Å². The molecule has 2 aromatic carbocycles. The van der Waals surface area contributed by atoms with Crippen molar-refractivity contribution in [3.05, 3.63) is 101 Å². The minimum Gasteiger partial charge on any atom is -0.491 e. The molecule has 184 valence electrons. The van der Waals surface area contributed by atoms with Gasteiger partial charge in [-0.15, -0.1) is 24.8 Å². The number of esters is 1. The van der Waals surface area contributed by atoms with Gasteiger partial charge in [-0.3, -0.25) is 9.97 Å². The first kappa shape index (κ1) is 28.0. The Kier molecular flexibility index (Phi) is 10.4. The van der Waals surface area contributed by atoms with E-state index in [0.717, 1.165) is 23.1 Å². The Balaban J connectivity index is 0.00000216. The zero-order valence-corrected chi connectivity index (χ0v) is 20.7. The Morgan fingerprint density at radius 2 is 1.83 bits per heavy atom. The highest BCUT2D eigenvalue weighted by Crippen LogP contribution is 2.29. The van der Waals surface area contributed by atoms with Crippen LogP contribution in [0.15, 0.2) is 72.9 Å². The van der Waals surface area contributed by atoms with Crippen molar-refractivity contribution in [1.29, 1.82) is 0 Å². The van der Waals surface area contributed by atoms with E-state index in [1.165, 1.54) is 6.07 Å². The van der Waals surface area contributed by atoms with Crippen LogP contribution in [0, 0.1) is 12.7 Å². The maximum absolute atomic E-state index is 14.0.